The highest BCUT2D eigenvalue weighted by molar-refractivity contribution is 7.17. The van der Waals surface area contributed by atoms with Crippen LogP contribution in [0.5, 0.6) is 0 Å². The minimum absolute atomic E-state index is 0.0458. The Morgan fingerprint density at radius 2 is 1.71 bits per heavy atom. The molecular weight excluding hydrogens is 412 g/mol. The lowest BCUT2D eigenvalue weighted by atomic mass is 10.2. The van der Waals surface area contributed by atoms with E-state index in [1.54, 1.807) is 11.0 Å². The van der Waals surface area contributed by atoms with Crippen molar-refractivity contribution in [3.8, 4) is 16.4 Å². The van der Waals surface area contributed by atoms with Gasteiger partial charge in [0.2, 0.25) is 0 Å². The number of carbonyl (C=O) groups excluding carboxylic acids is 1. The fraction of sp³-hybridized carbons (Fsp3) is 0.238. The molecular formula is C21H20N8OS. The molecule has 1 aliphatic rings. The molecule has 0 N–H and O–H groups in total. The SMILES string of the molecule is Cc1nc(-c2ccccc2)sc1C(=O)N1CCN(c2ccc(-n3cncn3)nn2)CC1. The Morgan fingerprint density at radius 1 is 0.968 bits per heavy atom. The van der Waals surface area contributed by atoms with E-state index in [1.165, 1.54) is 17.7 Å². The first-order valence-electron chi connectivity index (χ1n) is 9.95. The molecule has 1 amide bonds. The molecule has 5 rings (SSSR count). The summed E-state index contributed by atoms with van der Waals surface area (Å²) in [5, 5.41) is 13.5. The zero-order valence-electron chi connectivity index (χ0n) is 16.9. The van der Waals surface area contributed by atoms with E-state index in [1.807, 2.05) is 54.3 Å². The Labute approximate surface area is 183 Å². The maximum Gasteiger partial charge on any atom is 0.265 e. The number of rotatable bonds is 4. The number of aryl methyl sites for hydroxylation is 1. The Morgan fingerprint density at radius 3 is 2.39 bits per heavy atom. The van der Waals surface area contributed by atoms with Gasteiger partial charge in [-0.05, 0) is 19.1 Å². The first-order chi connectivity index (χ1) is 15.2. The van der Waals surface area contributed by atoms with E-state index in [0.29, 0.717) is 36.9 Å². The van der Waals surface area contributed by atoms with Crippen molar-refractivity contribution in [2.75, 3.05) is 31.1 Å². The van der Waals surface area contributed by atoms with Crippen LogP contribution in [0.1, 0.15) is 15.4 Å². The number of nitrogens with zero attached hydrogens (tertiary/aromatic N) is 8. The normalized spacial score (nSPS) is 14.1. The maximum atomic E-state index is 13.1. The molecule has 0 bridgehead atoms. The van der Waals surface area contributed by atoms with Crippen LogP contribution in [0.15, 0.2) is 55.1 Å². The molecule has 4 aromatic rings. The standard InChI is InChI=1S/C21H20N8OS/c1-15-19(31-20(24-15)16-5-3-2-4-6-16)21(30)28-11-9-27(10-12-28)17-7-8-18(26-25-17)29-14-22-13-23-29/h2-8,13-14H,9-12H2,1H3. The van der Waals surface area contributed by atoms with Crippen LogP contribution in [-0.2, 0) is 0 Å². The maximum absolute atomic E-state index is 13.1. The van der Waals surface area contributed by atoms with Crippen molar-refractivity contribution >= 4 is 23.1 Å². The average molecular weight is 433 g/mol. The fourth-order valence-electron chi connectivity index (χ4n) is 3.52. The average Bonchev–Trinajstić information content (AvgIpc) is 3.50. The van der Waals surface area contributed by atoms with Crippen LogP contribution in [0.4, 0.5) is 5.82 Å². The Kier molecular flexibility index (Phi) is 5.13. The van der Waals surface area contributed by atoms with E-state index in [4.69, 9.17) is 0 Å². The number of anilines is 1. The molecule has 3 aromatic heterocycles. The van der Waals surface area contributed by atoms with Crippen LogP contribution in [-0.4, -0.2) is 66.9 Å². The molecule has 0 radical (unpaired) electrons. The highest BCUT2D eigenvalue weighted by atomic mass is 32.1. The van der Waals surface area contributed by atoms with Crippen molar-refractivity contribution in [1.29, 1.82) is 0 Å². The third-order valence-corrected chi connectivity index (χ3v) is 6.39. The van der Waals surface area contributed by atoms with Gasteiger partial charge in [0.15, 0.2) is 11.6 Å². The number of thiazole rings is 1. The monoisotopic (exact) mass is 432 g/mol. The van der Waals surface area contributed by atoms with Gasteiger partial charge in [0.05, 0.1) is 5.69 Å². The predicted octanol–water partition coefficient (Wildman–Crippen LogP) is 2.45. The van der Waals surface area contributed by atoms with Crippen LogP contribution >= 0.6 is 11.3 Å². The van der Waals surface area contributed by atoms with Gasteiger partial charge in [-0.15, -0.1) is 21.5 Å². The number of hydrogen-bond acceptors (Lipinski definition) is 8. The van der Waals surface area contributed by atoms with Crippen molar-refractivity contribution in [3.05, 3.63) is 65.7 Å². The van der Waals surface area contributed by atoms with Crippen LogP contribution in [0.2, 0.25) is 0 Å². The summed E-state index contributed by atoms with van der Waals surface area (Å²) in [6, 6.07) is 13.7. The van der Waals surface area contributed by atoms with Gasteiger partial charge in [-0.25, -0.2) is 14.6 Å². The van der Waals surface area contributed by atoms with Gasteiger partial charge >= 0.3 is 0 Å². The number of carbonyl (C=O) groups is 1. The first kappa shape index (κ1) is 19.3. The molecule has 1 fully saturated rings. The van der Waals surface area contributed by atoms with Gasteiger partial charge in [-0.3, -0.25) is 4.79 Å². The molecule has 10 heteroatoms. The summed E-state index contributed by atoms with van der Waals surface area (Å²) < 4.78 is 1.56. The van der Waals surface area contributed by atoms with Crippen LogP contribution in [0.3, 0.4) is 0 Å². The fourth-order valence-corrected chi connectivity index (χ4v) is 4.56. The molecule has 31 heavy (non-hydrogen) atoms. The van der Waals surface area contributed by atoms with E-state index >= 15 is 0 Å². The summed E-state index contributed by atoms with van der Waals surface area (Å²) in [5.74, 6) is 1.45. The van der Waals surface area contributed by atoms with Crippen molar-refractivity contribution in [2.45, 2.75) is 6.92 Å². The van der Waals surface area contributed by atoms with Gasteiger partial charge < -0.3 is 9.80 Å². The summed E-state index contributed by atoms with van der Waals surface area (Å²) in [5.41, 5.74) is 1.82. The molecule has 9 nitrogen and oxygen atoms in total. The van der Waals surface area contributed by atoms with Crippen molar-refractivity contribution < 1.29 is 4.79 Å². The quantitative estimate of drug-likeness (QED) is 0.489. The zero-order chi connectivity index (χ0) is 21.2. The number of aromatic nitrogens is 6. The summed E-state index contributed by atoms with van der Waals surface area (Å²) in [4.78, 5) is 26.4. The smallest absolute Gasteiger partial charge is 0.265 e. The summed E-state index contributed by atoms with van der Waals surface area (Å²) in [6.45, 7) is 4.56. The van der Waals surface area contributed by atoms with E-state index in [0.717, 1.165) is 22.1 Å². The van der Waals surface area contributed by atoms with Gasteiger partial charge in [0.25, 0.3) is 5.91 Å². The van der Waals surface area contributed by atoms with Crippen LogP contribution in [0, 0.1) is 6.92 Å². The number of piperazine rings is 1. The molecule has 4 heterocycles. The van der Waals surface area contributed by atoms with Gasteiger partial charge in [0.1, 0.15) is 22.5 Å². The molecule has 1 aliphatic heterocycles. The zero-order valence-corrected chi connectivity index (χ0v) is 17.7. The second-order valence-electron chi connectivity index (χ2n) is 7.17. The number of benzene rings is 1. The summed E-state index contributed by atoms with van der Waals surface area (Å²) in [6.07, 6.45) is 3.04. The topological polar surface area (TPSA) is 92.9 Å². The molecule has 156 valence electrons. The lowest BCUT2D eigenvalue weighted by Gasteiger charge is -2.35. The molecule has 0 saturated carbocycles. The van der Waals surface area contributed by atoms with E-state index < -0.39 is 0 Å². The molecule has 0 unspecified atom stereocenters. The minimum atomic E-state index is 0.0458. The third kappa shape index (κ3) is 3.89. The summed E-state index contributed by atoms with van der Waals surface area (Å²) >= 11 is 1.46. The molecule has 0 atom stereocenters. The van der Waals surface area contributed by atoms with Crippen molar-refractivity contribution in [3.63, 3.8) is 0 Å². The van der Waals surface area contributed by atoms with Gasteiger partial charge in [-0.2, -0.15) is 5.10 Å². The third-order valence-electron chi connectivity index (χ3n) is 5.19. The van der Waals surface area contributed by atoms with E-state index in [-0.39, 0.29) is 5.91 Å². The Bertz CT molecular complexity index is 1170. The predicted molar refractivity (Wildman–Crippen MR) is 117 cm³/mol. The number of hydrogen-bond donors (Lipinski definition) is 0. The van der Waals surface area contributed by atoms with E-state index in [2.05, 4.69) is 30.2 Å². The van der Waals surface area contributed by atoms with Gasteiger partial charge in [0, 0.05) is 31.7 Å². The number of amides is 1. The molecule has 1 saturated heterocycles. The molecule has 0 spiro atoms. The van der Waals surface area contributed by atoms with Crippen molar-refractivity contribution in [2.24, 2.45) is 0 Å². The summed E-state index contributed by atoms with van der Waals surface area (Å²) in [7, 11) is 0. The van der Waals surface area contributed by atoms with Gasteiger partial charge in [-0.1, -0.05) is 30.3 Å². The van der Waals surface area contributed by atoms with Crippen molar-refractivity contribution in [1.82, 2.24) is 34.8 Å². The molecule has 1 aromatic carbocycles. The largest absolute Gasteiger partial charge is 0.352 e. The Balaban J connectivity index is 1.24. The second-order valence-corrected chi connectivity index (χ2v) is 8.17. The lowest BCUT2D eigenvalue weighted by Crippen LogP contribution is -2.49. The first-order valence-corrected chi connectivity index (χ1v) is 10.8. The second kappa shape index (κ2) is 8.23. The van der Waals surface area contributed by atoms with Crippen LogP contribution in [0.25, 0.3) is 16.4 Å². The minimum Gasteiger partial charge on any atom is -0.352 e. The highest BCUT2D eigenvalue weighted by Crippen LogP contribution is 2.29. The van der Waals surface area contributed by atoms with E-state index in [9.17, 15) is 4.79 Å². The highest BCUT2D eigenvalue weighted by Gasteiger charge is 2.26. The van der Waals surface area contributed by atoms with Crippen LogP contribution < -0.4 is 4.90 Å². The molecule has 0 aliphatic carbocycles. The Hall–Kier alpha value is -3.66. The lowest BCUT2D eigenvalue weighted by molar-refractivity contribution is 0.0750.